The standard InChI is InChI=1S/C21H11ClF3NOS/c22-16-8-4-5-13(10-16)9-15(12-26)19(27)18-11-17(14-6-2-1-3-7-14)20(28-18)21(23,24)25/h1-11H/b15-9+. The molecule has 7 heteroatoms. The Bertz CT molecular complexity index is 1090. The third-order valence-electron chi connectivity index (χ3n) is 3.82. The Hall–Kier alpha value is -2.88. The number of carbonyl (C=O) groups excluding carboxylic acids is 1. The number of hydrogen-bond donors (Lipinski definition) is 0. The number of allylic oxidation sites excluding steroid dienone is 1. The molecule has 0 fully saturated rings. The van der Waals surface area contributed by atoms with Crippen LogP contribution in [-0.2, 0) is 6.18 Å². The number of nitriles is 1. The molecule has 2 aromatic carbocycles. The van der Waals surface area contributed by atoms with Crippen LogP contribution in [0.3, 0.4) is 0 Å². The van der Waals surface area contributed by atoms with Crippen molar-refractivity contribution in [2.24, 2.45) is 0 Å². The van der Waals surface area contributed by atoms with E-state index in [1.54, 1.807) is 60.7 Å². The highest BCUT2D eigenvalue weighted by atomic mass is 35.5. The maximum Gasteiger partial charge on any atom is 0.426 e. The molecule has 2 nitrogen and oxygen atoms in total. The van der Waals surface area contributed by atoms with Crippen LogP contribution in [0.2, 0.25) is 5.02 Å². The second-order valence-electron chi connectivity index (χ2n) is 5.77. The van der Waals surface area contributed by atoms with Gasteiger partial charge in [-0.2, -0.15) is 18.4 Å². The Labute approximate surface area is 168 Å². The molecule has 3 aromatic rings. The summed E-state index contributed by atoms with van der Waals surface area (Å²) in [5.74, 6) is -0.764. The molecule has 0 saturated heterocycles. The first kappa shape index (κ1) is 19.9. The van der Waals surface area contributed by atoms with Crippen molar-refractivity contribution in [3.63, 3.8) is 0 Å². The molecule has 0 radical (unpaired) electrons. The maximum absolute atomic E-state index is 13.5. The van der Waals surface area contributed by atoms with Crippen LogP contribution in [0.4, 0.5) is 13.2 Å². The molecule has 0 bridgehead atoms. The lowest BCUT2D eigenvalue weighted by molar-refractivity contribution is -0.133. The fourth-order valence-electron chi connectivity index (χ4n) is 2.59. The van der Waals surface area contributed by atoms with E-state index in [1.165, 1.54) is 12.1 Å². The third kappa shape index (κ3) is 4.33. The van der Waals surface area contributed by atoms with Gasteiger partial charge in [0.1, 0.15) is 16.5 Å². The van der Waals surface area contributed by atoms with Gasteiger partial charge in [-0.1, -0.05) is 54.1 Å². The number of rotatable bonds is 4. The minimum atomic E-state index is -4.61. The van der Waals surface area contributed by atoms with E-state index in [4.69, 9.17) is 11.6 Å². The summed E-state index contributed by atoms with van der Waals surface area (Å²) >= 11 is 6.22. The average Bonchev–Trinajstić information content (AvgIpc) is 3.12. The van der Waals surface area contributed by atoms with Crippen molar-refractivity contribution in [3.8, 4) is 17.2 Å². The average molecular weight is 418 g/mol. The molecule has 28 heavy (non-hydrogen) atoms. The Morgan fingerprint density at radius 3 is 2.39 bits per heavy atom. The van der Waals surface area contributed by atoms with Crippen LogP contribution in [0.1, 0.15) is 20.1 Å². The normalized spacial score (nSPS) is 11.9. The van der Waals surface area contributed by atoms with Crippen molar-refractivity contribution in [1.29, 1.82) is 5.26 Å². The molecule has 0 atom stereocenters. The Morgan fingerprint density at radius 1 is 1.07 bits per heavy atom. The van der Waals surface area contributed by atoms with Gasteiger partial charge in [-0.05, 0) is 35.4 Å². The summed E-state index contributed by atoms with van der Waals surface area (Å²) in [5.41, 5.74) is 0.508. The topological polar surface area (TPSA) is 40.9 Å². The number of thiophene rings is 1. The fraction of sp³-hybridized carbons (Fsp3) is 0.0476. The number of alkyl halides is 3. The van der Waals surface area contributed by atoms with Crippen molar-refractivity contribution < 1.29 is 18.0 Å². The zero-order valence-corrected chi connectivity index (χ0v) is 15.7. The molecule has 1 heterocycles. The van der Waals surface area contributed by atoms with E-state index in [-0.39, 0.29) is 16.0 Å². The molecule has 0 unspecified atom stereocenters. The lowest BCUT2D eigenvalue weighted by Gasteiger charge is -2.07. The first-order valence-electron chi connectivity index (χ1n) is 7.98. The molecule has 0 aliphatic rings. The van der Waals surface area contributed by atoms with Gasteiger partial charge in [0.15, 0.2) is 0 Å². The number of Topliss-reactive ketones (excluding diaryl/α,β-unsaturated/α-hetero) is 1. The number of nitrogens with zero attached hydrogens (tertiary/aromatic N) is 1. The number of halogens is 4. The van der Waals surface area contributed by atoms with Gasteiger partial charge < -0.3 is 0 Å². The number of carbonyl (C=O) groups is 1. The third-order valence-corrected chi connectivity index (χ3v) is 5.24. The van der Waals surface area contributed by atoms with Crippen LogP contribution in [0.25, 0.3) is 17.2 Å². The van der Waals surface area contributed by atoms with Gasteiger partial charge >= 0.3 is 6.18 Å². The zero-order valence-electron chi connectivity index (χ0n) is 14.1. The minimum Gasteiger partial charge on any atom is -0.287 e. The molecule has 3 rings (SSSR count). The molecule has 1 aromatic heterocycles. The van der Waals surface area contributed by atoms with Crippen LogP contribution in [0.5, 0.6) is 0 Å². The van der Waals surface area contributed by atoms with E-state index in [9.17, 15) is 23.2 Å². The van der Waals surface area contributed by atoms with Gasteiger partial charge in [0.05, 0.1) is 4.88 Å². The van der Waals surface area contributed by atoms with Gasteiger partial charge in [0, 0.05) is 10.6 Å². The Kier molecular flexibility index (Phi) is 5.68. The van der Waals surface area contributed by atoms with E-state index in [0.717, 1.165) is 0 Å². The Morgan fingerprint density at radius 2 is 1.79 bits per heavy atom. The second kappa shape index (κ2) is 8.01. The van der Waals surface area contributed by atoms with Crippen molar-refractivity contribution in [2.45, 2.75) is 6.18 Å². The predicted molar refractivity (Wildman–Crippen MR) is 104 cm³/mol. The molecule has 0 N–H and O–H groups in total. The van der Waals surface area contributed by atoms with Crippen LogP contribution in [0, 0.1) is 11.3 Å². The monoisotopic (exact) mass is 417 g/mol. The van der Waals surface area contributed by atoms with Crippen molar-refractivity contribution in [2.75, 3.05) is 0 Å². The summed E-state index contributed by atoms with van der Waals surface area (Å²) in [6.07, 6.45) is -3.30. The van der Waals surface area contributed by atoms with Crippen LogP contribution >= 0.6 is 22.9 Å². The predicted octanol–water partition coefficient (Wildman–Crippen LogP) is 6.88. The fourth-order valence-corrected chi connectivity index (χ4v) is 3.79. The lowest BCUT2D eigenvalue weighted by atomic mass is 10.0. The molecule has 0 aliphatic heterocycles. The summed E-state index contributed by atoms with van der Waals surface area (Å²) in [7, 11) is 0. The molecule has 0 saturated carbocycles. The number of benzene rings is 2. The number of hydrogen-bond acceptors (Lipinski definition) is 3. The summed E-state index contributed by atoms with van der Waals surface area (Å²) in [6, 6.07) is 17.4. The van der Waals surface area contributed by atoms with Crippen molar-refractivity contribution in [3.05, 3.63) is 86.6 Å². The quantitative estimate of drug-likeness (QED) is 0.264. The minimum absolute atomic E-state index is 0.0819. The van der Waals surface area contributed by atoms with Crippen LogP contribution < -0.4 is 0 Å². The summed E-state index contributed by atoms with van der Waals surface area (Å²) in [4.78, 5) is 11.7. The van der Waals surface area contributed by atoms with Crippen LogP contribution in [-0.4, -0.2) is 5.78 Å². The summed E-state index contributed by atoms with van der Waals surface area (Å²) in [5, 5.41) is 9.77. The highest BCUT2D eigenvalue weighted by Gasteiger charge is 2.37. The largest absolute Gasteiger partial charge is 0.426 e. The van der Waals surface area contributed by atoms with Gasteiger partial charge in [-0.15, -0.1) is 11.3 Å². The zero-order chi connectivity index (χ0) is 20.3. The lowest BCUT2D eigenvalue weighted by Crippen LogP contribution is -2.03. The van der Waals surface area contributed by atoms with Crippen LogP contribution in [0.15, 0.2) is 66.2 Å². The first-order valence-corrected chi connectivity index (χ1v) is 9.17. The highest BCUT2D eigenvalue weighted by Crippen LogP contribution is 2.43. The maximum atomic E-state index is 13.5. The van der Waals surface area contributed by atoms with Crippen molar-refractivity contribution >= 4 is 34.8 Å². The van der Waals surface area contributed by atoms with E-state index < -0.39 is 16.8 Å². The SMILES string of the molecule is N#C/C(=C\c1cccc(Cl)c1)C(=O)c1cc(-c2ccccc2)c(C(F)(F)F)s1. The van der Waals surface area contributed by atoms with E-state index in [0.29, 0.717) is 27.5 Å². The van der Waals surface area contributed by atoms with E-state index in [1.807, 2.05) is 0 Å². The van der Waals surface area contributed by atoms with Gasteiger partial charge in [0.25, 0.3) is 0 Å². The van der Waals surface area contributed by atoms with Crippen molar-refractivity contribution in [1.82, 2.24) is 0 Å². The molecule has 0 spiro atoms. The van der Waals surface area contributed by atoms with Gasteiger partial charge in [-0.25, -0.2) is 0 Å². The molecular formula is C21H11ClF3NOS. The smallest absolute Gasteiger partial charge is 0.287 e. The molecule has 140 valence electrons. The molecule has 0 aliphatic carbocycles. The summed E-state index contributed by atoms with van der Waals surface area (Å²) in [6.45, 7) is 0. The number of ketones is 1. The second-order valence-corrected chi connectivity index (χ2v) is 7.26. The Balaban J connectivity index is 2.07. The molecule has 0 amide bonds. The van der Waals surface area contributed by atoms with Gasteiger partial charge in [-0.3, -0.25) is 4.79 Å². The summed E-state index contributed by atoms with van der Waals surface area (Å²) < 4.78 is 40.5. The van der Waals surface area contributed by atoms with E-state index >= 15 is 0 Å². The highest BCUT2D eigenvalue weighted by molar-refractivity contribution is 7.14. The van der Waals surface area contributed by atoms with Gasteiger partial charge in [0.2, 0.25) is 5.78 Å². The first-order chi connectivity index (χ1) is 13.3. The molecular weight excluding hydrogens is 407 g/mol. The van der Waals surface area contributed by atoms with E-state index in [2.05, 4.69) is 0 Å².